The summed E-state index contributed by atoms with van der Waals surface area (Å²) in [6, 6.07) is 0. The van der Waals surface area contributed by atoms with Crippen LogP contribution in [0.5, 0.6) is 5.88 Å². The molecule has 0 radical (unpaired) electrons. The number of hydrogen-bond acceptors (Lipinski definition) is 5. The number of thioether (sulfide) groups is 1. The predicted octanol–water partition coefficient (Wildman–Crippen LogP) is 5.62. The molecular weight excluding hydrogens is 373 g/mol. The Morgan fingerprint density at radius 3 is 2.42 bits per heavy atom. The molecule has 0 aliphatic heterocycles. The lowest BCUT2D eigenvalue weighted by Gasteiger charge is -2.28. The molecule has 140 valence electrons. The van der Waals surface area contributed by atoms with E-state index in [4.69, 9.17) is 21.3 Å². The van der Waals surface area contributed by atoms with Crippen LogP contribution in [0, 0.1) is 17.7 Å². The van der Waals surface area contributed by atoms with Gasteiger partial charge in [0, 0.05) is 5.92 Å². The molecule has 26 heavy (non-hydrogen) atoms. The van der Waals surface area contributed by atoms with Crippen molar-refractivity contribution in [2.75, 3.05) is 6.26 Å². The summed E-state index contributed by atoms with van der Waals surface area (Å²) in [7, 11) is 0. The van der Waals surface area contributed by atoms with Crippen LogP contribution in [0.4, 0.5) is 4.39 Å². The molecule has 2 bridgehead atoms. The highest BCUT2D eigenvalue weighted by molar-refractivity contribution is 7.98. The lowest BCUT2D eigenvalue weighted by molar-refractivity contribution is 0.235. The molecule has 4 nitrogen and oxygen atoms in total. The van der Waals surface area contributed by atoms with Crippen molar-refractivity contribution in [1.29, 1.82) is 0 Å². The number of fused-ring (bicyclic) bond motifs is 3. The minimum absolute atomic E-state index is 0.0946. The quantitative estimate of drug-likeness (QED) is 0.382. The van der Waals surface area contributed by atoms with Gasteiger partial charge in [-0.25, -0.2) is 14.4 Å². The van der Waals surface area contributed by atoms with Gasteiger partial charge in [0.05, 0.1) is 17.2 Å². The molecule has 0 saturated heterocycles. The van der Waals surface area contributed by atoms with E-state index in [1.165, 1.54) is 31.0 Å². The summed E-state index contributed by atoms with van der Waals surface area (Å²) in [6.45, 7) is 3.84. The van der Waals surface area contributed by atoms with Gasteiger partial charge in [-0.2, -0.15) is 4.98 Å². The van der Waals surface area contributed by atoms with Crippen LogP contribution in [-0.4, -0.2) is 27.3 Å². The van der Waals surface area contributed by atoms with Crippen LogP contribution in [-0.2, 0) is 0 Å². The molecule has 0 spiro atoms. The van der Waals surface area contributed by atoms with E-state index < -0.39 is 5.82 Å². The normalized spacial score (nSPS) is 25.2. The van der Waals surface area contributed by atoms with Gasteiger partial charge >= 0.3 is 0 Å². The van der Waals surface area contributed by atoms with Crippen LogP contribution < -0.4 is 4.74 Å². The topological polar surface area (TPSA) is 47.9 Å². The van der Waals surface area contributed by atoms with Crippen molar-refractivity contribution >= 4 is 34.3 Å². The Kier molecular flexibility index (Phi) is 4.99. The lowest BCUT2D eigenvalue weighted by atomic mass is 9.78. The van der Waals surface area contributed by atoms with E-state index in [1.807, 2.05) is 20.1 Å². The average molecular weight is 396 g/mol. The van der Waals surface area contributed by atoms with Crippen molar-refractivity contribution in [3.63, 3.8) is 0 Å². The molecule has 0 N–H and O–H groups in total. The van der Waals surface area contributed by atoms with Crippen molar-refractivity contribution < 1.29 is 9.13 Å². The number of pyridine rings is 1. The van der Waals surface area contributed by atoms with Gasteiger partial charge in [-0.05, 0) is 51.2 Å². The smallest absolute Gasteiger partial charge is 0.226 e. The van der Waals surface area contributed by atoms with Crippen LogP contribution >= 0.6 is 23.4 Å². The number of rotatable bonds is 4. The third-order valence-corrected chi connectivity index (χ3v) is 6.32. The van der Waals surface area contributed by atoms with Crippen LogP contribution in [0.25, 0.3) is 10.9 Å². The fourth-order valence-corrected chi connectivity index (χ4v) is 5.08. The Labute approximate surface area is 162 Å². The summed E-state index contributed by atoms with van der Waals surface area (Å²) in [5.41, 5.74) is 1.11. The van der Waals surface area contributed by atoms with Gasteiger partial charge in [-0.15, -0.1) is 0 Å². The second kappa shape index (κ2) is 7.12. The zero-order chi connectivity index (χ0) is 18.4. The number of ether oxygens (including phenoxy) is 1. The fraction of sp³-hybridized carbons (Fsp3) is 0.632. The van der Waals surface area contributed by atoms with Gasteiger partial charge in [0.15, 0.2) is 16.1 Å². The van der Waals surface area contributed by atoms with Crippen LogP contribution in [0.15, 0.2) is 5.16 Å². The van der Waals surface area contributed by atoms with Crippen LogP contribution in [0.2, 0.25) is 5.15 Å². The van der Waals surface area contributed by atoms with Crippen molar-refractivity contribution in [2.45, 2.75) is 63.1 Å². The molecule has 4 rings (SSSR count). The second-order valence-electron chi connectivity index (χ2n) is 7.72. The summed E-state index contributed by atoms with van der Waals surface area (Å²) in [6.07, 6.45) is 7.93. The van der Waals surface area contributed by atoms with Gasteiger partial charge in [0.2, 0.25) is 5.88 Å². The molecule has 2 atom stereocenters. The van der Waals surface area contributed by atoms with E-state index in [-0.39, 0.29) is 16.8 Å². The van der Waals surface area contributed by atoms with E-state index in [0.717, 1.165) is 30.4 Å². The summed E-state index contributed by atoms with van der Waals surface area (Å²) < 4.78 is 20.7. The molecule has 0 aromatic carbocycles. The first-order valence-electron chi connectivity index (χ1n) is 9.23. The SMILES string of the molecule is CSc1nc(C2CC3CCC(C3)C2)c2c(OC(C)C)nc(Cl)c(F)c2n1. The van der Waals surface area contributed by atoms with E-state index in [9.17, 15) is 4.39 Å². The summed E-state index contributed by atoms with van der Waals surface area (Å²) in [4.78, 5) is 13.4. The first-order chi connectivity index (χ1) is 12.5. The zero-order valence-corrected chi connectivity index (χ0v) is 16.8. The molecule has 2 heterocycles. The maximum atomic E-state index is 14.8. The Balaban J connectivity index is 1.93. The predicted molar refractivity (Wildman–Crippen MR) is 103 cm³/mol. The number of halogens is 2. The molecule has 2 aliphatic carbocycles. The highest BCUT2D eigenvalue weighted by Crippen LogP contribution is 2.50. The molecule has 2 unspecified atom stereocenters. The average Bonchev–Trinajstić information content (AvgIpc) is 2.95. The molecule has 2 saturated carbocycles. The van der Waals surface area contributed by atoms with E-state index in [1.54, 1.807) is 0 Å². The molecule has 7 heteroatoms. The van der Waals surface area contributed by atoms with Gasteiger partial charge in [0.25, 0.3) is 0 Å². The van der Waals surface area contributed by atoms with E-state index in [2.05, 4.69) is 9.97 Å². The minimum Gasteiger partial charge on any atom is -0.474 e. The van der Waals surface area contributed by atoms with E-state index >= 15 is 0 Å². The molecule has 2 fully saturated rings. The van der Waals surface area contributed by atoms with Crippen LogP contribution in [0.1, 0.15) is 57.6 Å². The number of nitrogens with zero attached hydrogens (tertiary/aromatic N) is 3. The Morgan fingerprint density at radius 2 is 1.81 bits per heavy atom. The van der Waals surface area contributed by atoms with Crippen molar-refractivity contribution in [1.82, 2.24) is 15.0 Å². The number of hydrogen-bond donors (Lipinski definition) is 0. The third kappa shape index (κ3) is 3.26. The van der Waals surface area contributed by atoms with Gasteiger partial charge in [-0.3, -0.25) is 0 Å². The second-order valence-corrected chi connectivity index (χ2v) is 8.85. The molecule has 2 aliphatic rings. The molecule has 0 amide bonds. The van der Waals surface area contributed by atoms with Crippen molar-refractivity contribution in [2.24, 2.45) is 11.8 Å². The third-order valence-electron chi connectivity index (χ3n) is 5.52. The zero-order valence-electron chi connectivity index (χ0n) is 15.3. The minimum atomic E-state index is -0.587. The summed E-state index contributed by atoms with van der Waals surface area (Å²) in [5, 5.41) is 0.973. The first-order valence-corrected chi connectivity index (χ1v) is 10.8. The van der Waals surface area contributed by atoms with Gasteiger partial charge in [0.1, 0.15) is 5.52 Å². The van der Waals surface area contributed by atoms with Gasteiger partial charge in [-0.1, -0.05) is 36.2 Å². The molecule has 2 aromatic heterocycles. The summed E-state index contributed by atoms with van der Waals surface area (Å²) >= 11 is 7.45. The molecular formula is C19H23ClFN3OS. The lowest BCUT2D eigenvalue weighted by Crippen LogP contribution is -2.17. The number of aromatic nitrogens is 3. The summed E-state index contributed by atoms with van der Waals surface area (Å²) in [5.74, 6) is 1.56. The Morgan fingerprint density at radius 1 is 1.12 bits per heavy atom. The van der Waals surface area contributed by atoms with Crippen molar-refractivity contribution in [3.05, 3.63) is 16.7 Å². The fourth-order valence-electron chi connectivity index (χ4n) is 4.54. The monoisotopic (exact) mass is 395 g/mol. The van der Waals surface area contributed by atoms with E-state index in [0.29, 0.717) is 22.3 Å². The highest BCUT2D eigenvalue weighted by Gasteiger charge is 2.37. The van der Waals surface area contributed by atoms with Gasteiger partial charge < -0.3 is 4.74 Å². The maximum absolute atomic E-state index is 14.8. The van der Waals surface area contributed by atoms with Crippen molar-refractivity contribution in [3.8, 4) is 5.88 Å². The molecule has 2 aromatic rings. The maximum Gasteiger partial charge on any atom is 0.226 e. The first kappa shape index (κ1) is 18.2. The largest absolute Gasteiger partial charge is 0.474 e. The Bertz CT molecular complexity index is 835. The highest BCUT2D eigenvalue weighted by atomic mass is 35.5. The standard InChI is InChI=1S/C19H23ClFN3OS/c1-9(2)25-18-13-15(12-7-10-4-5-11(6-10)8-12)22-19(26-3)23-16(13)14(21)17(20)24-18/h9-12H,4-8H2,1-3H3. The Hall–Kier alpha value is -1.14. The van der Waals surface area contributed by atoms with Crippen LogP contribution in [0.3, 0.4) is 0 Å².